The third kappa shape index (κ3) is 2.93. The zero-order valence-electron chi connectivity index (χ0n) is 14.2. The van der Waals surface area contributed by atoms with Gasteiger partial charge in [-0.15, -0.1) is 0 Å². The molecule has 0 bridgehead atoms. The summed E-state index contributed by atoms with van der Waals surface area (Å²) in [6.07, 6.45) is -9.71. The van der Waals surface area contributed by atoms with Crippen LogP contribution in [0.4, 0.5) is 26.3 Å². The fraction of sp³-hybridized carbons (Fsp3) is 0.263. The molecule has 0 aromatic heterocycles. The van der Waals surface area contributed by atoms with Crippen molar-refractivity contribution in [2.24, 2.45) is 0 Å². The van der Waals surface area contributed by atoms with Crippen LogP contribution in [0.15, 0.2) is 48.5 Å². The first-order valence-electron chi connectivity index (χ1n) is 7.75. The second-order valence-electron chi connectivity index (χ2n) is 6.00. The fourth-order valence-electron chi connectivity index (χ4n) is 3.31. The maximum absolute atomic E-state index is 14.2. The summed E-state index contributed by atoms with van der Waals surface area (Å²) in [7, 11) is 2.57. The topological polar surface area (TPSA) is 18.5 Å². The molecule has 0 radical (unpaired) electrons. The van der Waals surface area contributed by atoms with E-state index in [1.54, 1.807) is 0 Å². The zero-order chi connectivity index (χ0) is 20.0. The number of allylic oxidation sites excluding steroid dienone is 2. The van der Waals surface area contributed by atoms with Crippen molar-refractivity contribution in [3.8, 4) is 11.5 Å². The number of methoxy groups -OCH3 is 2. The summed E-state index contributed by atoms with van der Waals surface area (Å²) >= 11 is 0. The zero-order valence-corrected chi connectivity index (χ0v) is 14.2. The second-order valence-corrected chi connectivity index (χ2v) is 6.00. The van der Waals surface area contributed by atoms with Crippen molar-refractivity contribution in [1.82, 2.24) is 0 Å². The van der Waals surface area contributed by atoms with Crippen LogP contribution in [-0.4, -0.2) is 26.6 Å². The Kier molecular flexibility index (Phi) is 4.40. The standard InChI is InChI=1S/C19H14F6O2/c1-26-12-5-3-11(4-6-12)17(19(23,24)25)10-16(18(20,21)22)14-9-13(27-2)7-8-15(14)17/h3-10H,1-2H3. The smallest absolute Gasteiger partial charge is 0.416 e. The van der Waals surface area contributed by atoms with Crippen LogP contribution in [0.2, 0.25) is 0 Å². The van der Waals surface area contributed by atoms with E-state index >= 15 is 0 Å². The summed E-state index contributed by atoms with van der Waals surface area (Å²) in [6.45, 7) is 0. The minimum absolute atomic E-state index is 0.0385. The highest BCUT2D eigenvalue weighted by atomic mass is 19.4. The van der Waals surface area contributed by atoms with Gasteiger partial charge in [-0.3, -0.25) is 0 Å². The molecular formula is C19H14F6O2. The van der Waals surface area contributed by atoms with E-state index in [0.29, 0.717) is 5.75 Å². The molecule has 1 aliphatic carbocycles. The fourth-order valence-corrected chi connectivity index (χ4v) is 3.31. The van der Waals surface area contributed by atoms with Crippen molar-refractivity contribution in [2.45, 2.75) is 17.8 Å². The van der Waals surface area contributed by atoms with Crippen molar-refractivity contribution in [3.05, 3.63) is 65.2 Å². The highest BCUT2D eigenvalue weighted by Gasteiger charge is 2.61. The Bertz CT molecular complexity index is 881. The van der Waals surface area contributed by atoms with E-state index in [2.05, 4.69) is 0 Å². The van der Waals surface area contributed by atoms with Gasteiger partial charge in [-0.05, 0) is 47.0 Å². The van der Waals surface area contributed by atoms with Gasteiger partial charge in [-0.2, -0.15) is 26.3 Å². The van der Waals surface area contributed by atoms with Crippen LogP contribution in [0.3, 0.4) is 0 Å². The molecule has 0 saturated carbocycles. The number of fused-ring (bicyclic) bond motifs is 1. The molecule has 2 aromatic carbocycles. The molecule has 2 nitrogen and oxygen atoms in total. The number of alkyl halides is 6. The summed E-state index contributed by atoms with van der Waals surface area (Å²) in [6, 6.07) is 8.03. The van der Waals surface area contributed by atoms with E-state index in [1.165, 1.54) is 32.4 Å². The van der Waals surface area contributed by atoms with Gasteiger partial charge in [-0.25, -0.2) is 0 Å². The highest BCUT2D eigenvalue weighted by molar-refractivity contribution is 5.83. The summed E-state index contributed by atoms with van der Waals surface area (Å²) in [5.74, 6) is 0.334. The third-order valence-corrected chi connectivity index (χ3v) is 4.60. The van der Waals surface area contributed by atoms with Crippen LogP contribution in [-0.2, 0) is 5.41 Å². The first-order chi connectivity index (χ1) is 12.5. The molecule has 0 amide bonds. The lowest BCUT2D eigenvalue weighted by molar-refractivity contribution is -0.163. The van der Waals surface area contributed by atoms with Crippen LogP contribution in [0.1, 0.15) is 16.7 Å². The van der Waals surface area contributed by atoms with Gasteiger partial charge >= 0.3 is 12.4 Å². The first kappa shape index (κ1) is 19.1. The lowest BCUT2D eigenvalue weighted by Crippen LogP contribution is -2.40. The van der Waals surface area contributed by atoms with Crippen molar-refractivity contribution in [2.75, 3.05) is 14.2 Å². The molecule has 1 unspecified atom stereocenters. The molecule has 1 atom stereocenters. The minimum Gasteiger partial charge on any atom is -0.497 e. The average Bonchev–Trinajstić information content (AvgIpc) is 2.97. The Morgan fingerprint density at radius 3 is 1.81 bits per heavy atom. The number of hydrogen-bond donors (Lipinski definition) is 0. The van der Waals surface area contributed by atoms with E-state index in [1.807, 2.05) is 0 Å². The Morgan fingerprint density at radius 2 is 1.33 bits per heavy atom. The molecule has 0 saturated heterocycles. The Morgan fingerprint density at radius 1 is 0.778 bits per heavy atom. The molecule has 144 valence electrons. The van der Waals surface area contributed by atoms with Crippen molar-refractivity contribution >= 4 is 5.57 Å². The Hall–Kier alpha value is -2.64. The molecule has 0 fully saturated rings. The number of benzene rings is 2. The molecule has 2 aromatic rings. The molecule has 0 heterocycles. The van der Waals surface area contributed by atoms with Crippen LogP contribution in [0, 0.1) is 0 Å². The van der Waals surface area contributed by atoms with Crippen LogP contribution < -0.4 is 9.47 Å². The van der Waals surface area contributed by atoms with Gasteiger partial charge in [-0.1, -0.05) is 18.2 Å². The van der Waals surface area contributed by atoms with Crippen LogP contribution >= 0.6 is 0 Å². The average molecular weight is 388 g/mol. The molecule has 0 N–H and O–H groups in total. The molecular weight excluding hydrogens is 374 g/mol. The summed E-state index contributed by atoms with van der Waals surface area (Å²) in [5.41, 5.74) is -5.64. The molecule has 8 heteroatoms. The Balaban J connectivity index is 2.36. The highest BCUT2D eigenvalue weighted by Crippen LogP contribution is 2.57. The van der Waals surface area contributed by atoms with Crippen LogP contribution in [0.25, 0.3) is 5.57 Å². The van der Waals surface area contributed by atoms with E-state index in [9.17, 15) is 26.3 Å². The van der Waals surface area contributed by atoms with Gasteiger partial charge in [0, 0.05) is 0 Å². The minimum atomic E-state index is -5.00. The number of rotatable bonds is 3. The van der Waals surface area contributed by atoms with Gasteiger partial charge in [0.2, 0.25) is 0 Å². The van der Waals surface area contributed by atoms with E-state index in [4.69, 9.17) is 9.47 Å². The third-order valence-electron chi connectivity index (χ3n) is 4.60. The predicted octanol–water partition coefficient (Wildman–Crippen LogP) is 5.51. The number of hydrogen-bond acceptors (Lipinski definition) is 2. The first-order valence-corrected chi connectivity index (χ1v) is 7.75. The van der Waals surface area contributed by atoms with Crippen molar-refractivity contribution in [1.29, 1.82) is 0 Å². The molecule has 1 aliphatic rings. The van der Waals surface area contributed by atoms with Crippen LogP contribution in [0.5, 0.6) is 11.5 Å². The molecule has 0 spiro atoms. The molecule has 0 aliphatic heterocycles. The van der Waals surface area contributed by atoms with Gasteiger partial charge in [0.25, 0.3) is 0 Å². The maximum atomic E-state index is 14.2. The van der Waals surface area contributed by atoms with Gasteiger partial charge in [0.05, 0.1) is 19.8 Å². The predicted molar refractivity (Wildman–Crippen MR) is 86.9 cm³/mol. The van der Waals surface area contributed by atoms with Gasteiger partial charge < -0.3 is 9.47 Å². The Labute approximate surface area is 151 Å². The second kappa shape index (κ2) is 6.21. The number of halogens is 6. The lowest BCUT2D eigenvalue weighted by Gasteiger charge is -2.32. The largest absolute Gasteiger partial charge is 0.497 e. The monoisotopic (exact) mass is 388 g/mol. The van der Waals surface area contributed by atoms with Gasteiger partial charge in [0.15, 0.2) is 0 Å². The summed E-state index contributed by atoms with van der Waals surface area (Å²) in [5, 5.41) is 0. The summed E-state index contributed by atoms with van der Waals surface area (Å²) in [4.78, 5) is 0. The number of ether oxygens (including phenoxy) is 2. The lowest BCUT2D eigenvalue weighted by atomic mass is 9.75. The molecule has 3 rings (SSSR count). The van der Waals surface area contributed by atoms with E-state index < -0.39 is 34.5 Å². The van der Waals surface area contributed by atoms with Crippen molar-refractivity contribution < 1.29 is 35.8 Å². The van der Waals surface area contributed by atoms with E-state index in [0.717, 1.165) is 24.3 Å². The SMILES string of the molecule is COc1ccc(C2(C(F)(F)F)C=C(C(F)(F)F)c3cc(OC)ccc32)cc1. The molecule has 27 heavy (non-hydrogen) atoms. The normalized spacial score (nSPS) is 19.5. The van der Waals surface area contributed by atoms with Crippen molar-refractivity contribution in [3.63, 3.8) is 0 Å². The van der Waals surface area contributed by atoms with E-state index in [-0.39, 0.29) is 17.4 Å². The maximum Gasteiger partial charge on any atom is 0.416 e. The summed E-state index contributed by atoms with van der Waals surface area (Å²) < 4.78 is 93.2. The van der Waals surface area contributed by atoms with Gasteiger partial charge in [0.1, 0.15) is 16.9 Å². The quantitative estimate of drug-likeness (QED) is 0.646.